The summed E-state index contributed by atoms with van der Waals surface area (Å²) in [4.78, 5) is 2.69. The van der Waals surface area contributed by atoms with Crippen molar-refractivity contribution in [3.8, 4) is 5.75 Å². The molecule has 2 N–H and O–H groups in total. The number of nitrogens with zero attached hydrogens (tertiary/aromatic N) is 1. The molecule has 1 aliphatic carbocycles. The van der Waals surface area contributed by atoms with E-state index < -0.39 is 0 Å². The fourth-order valence-corrected chi connectivity index (χ4v) is 4.30. The van der Waals surface area contributed by atoms with E-state index in [4.69, 9.17) is 4.74 Å². The van der Waals surface area contributed by atoms with Crippen LogP contribution in [0.15, 0.2) is 18.2 Å². The van der Waals surface area contributed by atoms with E-state index in [1.165, 1.54) is 36.9 Å². The molecule has 0 heterocycles. The van der Waals surface area contributed by atoms with Gasteiger partial charge in [-0.15, -0.1) is 0 Å². The van der Waals surface area contributed by atoms with Gasteiger partial charge in [-0.3, -0.25) is 0 Å². The van der Waals surface area contributed by atoms with Crippen molar-refractivity contribution in [1.29, 1.82) is 0 Å². The number of methoxy groups -OCH3 is 1. The Morgan fingerprint density at radius 2 is 2.07 bits per heavy atom. The molecule has 0 bridgehead atoms. The molecule has 160 valence electrons. The summed E-state index contributed by atoms with van der Waals surface area (Å²) in [6.45, 7) is 11.7. The van der Waals surface area contributed by atoms with Crippen LogP contribution in [-0.4, -0.2) is 55.9 Å². The molecule has 0 saturated heterocycles. The Hall–Kier alpha value is -1.10. The van der Waals surface area contributed by atoms with Crippen LogP contribution in [0.4, 0.5) is 0 Å². The molecule has 0 aromatic heterocycles. The summed E-state index contributed by atoms with van der Waals surface area (Å²) in [5.41, 5.74) is 2.62. The van der Waals surface area contributed by atoms with Gasteiger partial charge in [-0.05, 0) is 94.1 Å². The minimum absolute atomic E-state index is 0.0235. The molecule has 1 saturated carbocycles. The highest BCUT2D eigenvalue weighted by Crippen LogP contribution is 2.38. The number of ether oxygens (including phenoxy) is 1. The third-order valence-corrected chi connectivity index (χ3v) is 6.78. The van der Waals surface area contributed by atoms with Crippen molar-refractivity contribution in [2.24, 2.45) is 5.92 Å². The molecule has 2 rings (SSSR count). The van der Waals surface area contributed by atoms with E-state index in [1.54, 1.807) is 7.11 Å². The molecule has 4 nitrogen and oxygen atoms in total. The number of rotatable bonds is 13. The maximum absolute atomic E-state index is 9.84. The Labute approximate surface area is 172 Å². The molecule has 0 aliphatic heterocycles. The van der Waals surface area contributed by atoms with Gasteiger partial charge in [-0.1, -0.05) is 19.9 Å². The van der Waals surface area contributed by atoms with E-state index in [0.29, 0.717) is 6.04 Å². The van der Waals surface area contributed by atoms with Crippen LogP contribution >= 0.6 is 0 Å². The molecule has 4 heteroatoms. The molecule has 0 spiro atoms. The summed E-state index contributed by atoms with van der Waals surface area (Å²) >= 11 is 0. The molecule has 1 aromatic carbocycles. The van der Waals surface area contributed by atoms with Crippen molar-refractivity contribution in [3.63, 3.8) is 0 Å². The van der Waals surface area contributed by atoms with Crippen LogP contribution in [-0.2, 0) is 5.41 Å². The molecular formula is C24H42N2O2. The van der Waals surface area contributed by atoms with Gasteiger partial charge in [0.25, 0.3) is 0 Å². The lowest BCUT2D eigenvalue weighted by Gasteiger charge is -2.38. The minimum atomic E-state index is -0.0235. The topological polar surface area (TPSA) is 44.7 Å². The second-order valence-corrected chi connectivity index (χ2v) is 9.06. The van der Waals surface area contributed by atoms with Crippen molar-refractivity contribution in [3.05, 3.63) is 29.3 Å². The standard InChI is InChI=1S/C24H42N2O2/c1-7-19(3)26(16-20-9-10-20)13-12-24(4,15-21(17-27)25-5)23-14-22(28-6)11-8-18(23)2/h8,11,14,19-21,25,27H,7,9-10,12-13,15-17H2,1-6H3. The molecule has 1 fully saturated rings. The van der Waals surface area contributed by atoms with Crippen LogP contribution in [0, 0.1) is 12.8 Å². The second-order valence-electron chi connectivity index (χ2n) is 9.06. The van der Waals surface area contributed by atoms with Gasteiger partial charge in [0.15, 0.2) is 0 Å². The summed E-state index contributed by atoms with van der Waals surface area (Å²) in [6, 6.07) is 7.12. The molecular weight excluding hydrogens is 348 g/mol. The minimum Gasteiger partial charge on any atom is -0.497 e. The fraction of sp³-hybridized carbons (Fsp3) is 0.750. The quantitative estimate of drug-likeness (QED) is 0.531. The van der Waals surface area contributed by atoms with Gasteiger partial charge in [0, 0.05) is 18.6 Å². The normalized spacial score (nSPS) is 18.7. The van der Waals surface area contributed by atoms with Gasteiger partial charge in [-0.2, -0.15) is 0 Å². The van der Waals surface area contributed by atoms with Gasteiger partial charge < -0.3 is 20.1 Å². The summed E-state index contributed by atoms with van der Waals surface area (Å²) in [6.07, 6.45) is 5.97. The first-order chi connectivity index (χ1) is 13.4. The zero-order chi connectivity index (χ0) is 20.7. The van der Waals surface area contributed by atoms with Crippen LogP contribution in [0.3, 0.4) is 0 Å². The molecule has 28 heavy (non-hydrogen) atoms. The van der Waals surface area contributed by atoms with E-state index in [1.807, 2.05) is 13.1 Å². The number of aryl methyl sites for hydroxylation is 1. The van der Waals surface area contributed by atoms with Crippen molar-refractivity contribution in [1.82, 2.24) is 10.2 Å². The summed E-state index contributed by atoms with van der Waals surface area (Å²) in [5, 5.41) is 13.1. The monoisotopic (exact) mass is 390 g/mol. The SMILES string of the molecule is CCC(C)N(CCC(C)(CC(CO)NC)c1cc(OC)ccc1C)CC1CC1. The molecule has 0 radical (unpaired) electrons. The maximum atomic E-state index is 9.84. The third kappa shape index (κ3) is 6.20. The van der Waals surface area contributed by atoms with Crippen LogP contribution in [0.2, 0.25) is 0 Å². The first-order valence-corrected chi connectivity index (χ1v) is 11.0. The average molecular weight is 391 g/mol. The number of benzene rings is 1. The average Bonchev–Trinajstić information content (AvgIpc) is 3.53. The van der Waals surface area contributed by atoms with Gasteiger partial charge in [-0.25, -0.2) is 0 Å². The van der Waals surface area contributed by atoms with Gasteiger partial charge >= 0.3 is 0 Å². The van der Waals surface area contributed by atoms with Crippen molar-refractivity contribution < 1.29 is 9.84 Å². The van der Waals surface area contributed by atoms with Crippen LogP contribution in [0.1, 0.15) is 64.0 Å². The highest BCUT2D eigenvalue weighted by atomic mass is 16.5. The van der Waals surface area contributed by atoms with E-state index >= 15 is 0 Å². The zero-order valence-corrected chi connectivity index (χ0v) is 18.9. The number of hydrogen-bond donors (Lipinski definition) is 2. The van der Waals surface area contributed by atoms with Crippen molar-refractivity contribution in [2.75, 3.05) is 33.9 Å². The number of aliphatic hydroxyl groups is 1. The molecule has 3 atom stereocenters. The molecule has 1 aromatic rings. The van der Waals surface area contributed by atoms with Crippen molar-refractivity contribution >= 4 is 0 Å². The number of aliphatic hydroxyl groups excluding tert-OH is 1. The Morgan fingerprint density at radius 1 is 1.36 bits per heavy atom. The Bertz CT molecular complexity index is 598. The first kappa shape index (κ1) is 23.2. The third-order valence-electron chi connectivity index (χ3n) is 6.78. The molecule has 0 amide bonds. The lowest BCUT2D eigenvalue weighted by molar-refractivity contribution is 0.162. The smallest absolute Gasteiger partial charge is 0.119 e. The Kier molecular flexibility index (Phi) is 8.79. The lowest BCUT2D eigenvalue weighted by Crippen LogP contribution is -2.42. The Balaban J connectivity index is 2.26. The maximum Gasteiger partial charge on any atom is 0.119 e. The predicted molar refractivity (Wildman–Crippen MR) is 118 cm³/mol. The van der Waals surface area contributed by atoms with Crippen LogP contribution in [0.25, 0.3) is 0 Å². The van der Waals surface area contributed by atoms with E-state index in [0.717, 1.165) is 31.1 Å². The lowest BCUT2D eigenvalue weighted by atomic mass is 9.72. The molecule has 3 unspecified atom stereocenters. The highest BCUT2D eigenvalue weighted by Gasteiger charge is 2.33. The van der Waals surface area contributed by atoms with E-state index in [9.17, 15) is 5.11 Å². The van der Waals surface area contributed by atoms with Gasteiger partial charge in [0.2, 0.25) is 0 Å². The van der Waals surface area contributed by atoms with E-state index in [-0.39, 0.29) is 18.1 Å². The van der Waals surface area contributed by atoms with E-state index in [2.05, 4.69) is 50.0 Å². The first-order valence-electron chi connectivity index (χ1n) is 11.0. The fourth-order valence-electron chi connectivity index (χ4n) is 4.30. The highest BCUT2D eigenvalue weighted by molar-refractivity contribution is 5.40. The van der Waals surface area contributed by atoms with Crippen LogP contribution < -0.4 is 10.1 Å². The number of likely N-dealkylation sites (N-methyl/N-ethyl adjacent to an activating group) is 1. The largest absolute Gasteiger partial charge is 0.497 e. The summed E-state index contributed by atoms with van der Waals surface area (Å²) < 4.78 is 5.53. The van der Waals surface area contributed by atoms with Crippen molar-refractivity contribution in [2.45, 2.75) is 77.3 Å². The summed E-state index contributed by atoms with van der Waals surface area (Å²) in [5.74, 6) is 1.81. The Morgan fingerprint density at radius 3 is 2.61 bits per heavy atom. The molecule has 1 aliphatic rings. The van der Waals surface area contributed by atoms with Gasteiger partial charge in [0.05, 0.1) is 13.7 Å². The van der Waals surface area contributed by atoms with Crippen LogP contribution in [0.5, 0.6) is 5.75 Å². The zero-order valence-electron chi connectivity index (χ0n) is 18.9. The number of nitrogens with one attached hydrogen (secondary N) is 1. The second kappa shape index (κ2) is 10.6. The summed E-state index contributed by atoms with van der Waals surface area (Å²) in [7, 11) is 3.68. The predicted octanol–water partition coefficient (Wildman–Crippen LogP) is 4.13. The number of hydrogen-bond acceptors (Lipinski definition) is 4. The van der Waals surface area contributed by atoms with Gasteiger partial charge in [0.1, 0.15) is 5.75 Å².